The number of carbonyl (C=O) groups is 2. The van der Waals surface area contributed by atoms with E-state index in [4.69, 9.17) is 9.72 Å². The van der Waals surface area contributed by atoms with E-state index in [2.05, 4.69) is 5.32 Å². The summed E-state index contributed by atoms with van der Waals surface area (Å²) >= 11 is 0. The van der Waals surface area contributed by atoms with Crippen molar-refractivity contribution in [2.45, 2.75) is 83.8 Å². The van der Waals surface area contributed by atoms with E-state index in [9.17, 15) is 29.0 Å². The Balaban J connectivity index is 1.63. The smallest absolute Gasteiger partial charge is 0.343 e. The second-order valence-corrected chi connectivity index (χ2v) is 11.3. The van der Waals surface area contributed by atoms with Gasteiger partial charge in [0.2, 0.25) is 0 Å². The quantitative estimate of drug-likeness (QED) is 0.343. The number of cyclic esters (lactones) is 1. The van der Waals surface area contributed by atoms with Crippen molar-refractivity contribution in [2.24, 2.45) is 0 Å². The Morgan fingerprint density at radius 1 is 1.28 bits per heavy atom. The van der Waals surface area contributed by atoms with Crippen LogP contribution in [0.1, 0.15) is 79.5 Å². The Morgan fingerprint density at radius 2 is 2.03 bits per heavy atom. The second-order valence-electron chi connectivity index (χ2n) is 11.3. The number of fused-ring (bicyclic) bond motifs is 5. The molecule has 2 atom stereocenters. The number of rotatable bonds is 4. The third kappa shape index (κ3) is 3.57. The molecule has 4 heterocycles. The minimum absolute atomic E-state index is 0.0872. The van der Waals surface area contributed by atoms with Crippen molar-refractivity contribution in [3.8, 4) is 11.4 Å². The lowest BCUT2D eigenvalue weighted by atomic mass is 9.81. The maximum atomic E-state index is 15.0. The van der Waals surface area contributed by atoms with Crippen LogP contribution in [0.4, 0.5) is 4.39 Å². The van der Waals surface area contributed by atoms with Gasteiger partial charge in [0, 0.05) is 22.6 Å². The number of aliphatic hydroxyl groups is 2. The average molecular weight is 536 g/mol. The maximum absolute atomic E-state index is 15.0. The number of nitrogens with one attached hydrogen (secondary N) is 1. The van der Waals surface area contributed by atoms with E-state index in [0.29, 0.717) is 47.3 Å². The first-order chi connectivity index (χ1) is 18.4. The average Bonchev–Trinajstić information content (AvgIpc) is 3.24. The van der Waals surface area contributed by atoms with E-state index < -0.39 is 40.5 Å². The lowest BCUT2D eigenvalue weighted by Gasteiger charge is -2.32. The highest BCUT2D eigenvalue weighted by molar-refractivity contribution is 5.94. The van der Waals surface area contributed by atoms with Gasteiger partial charge in [-0.1, -0.05) is 13.3 Å². The summed E-state index contributed by atoms with van der Waals surface area (Å²) in [6.45, 7) is 6.27. The van der Waals surface area contributed by atoms with Crippen molar-refractivity contribution in [3.05, 3.63) is 61.7 Å². The molecule has 2 aromatic heterocycles. The summed E-state index contributed by atoms with van der Waals surface area (Å²) in [6, 6.07) is 2.49. The number of carbonyl (C=O) groups excluding carboxylic acids is 2. The Hall–Kier alpha value is -3.63. The van der Waals surface area contributed by atoms with Gasteiger partial charge < -0.3 is 24.8 Å². The number of halogens is 1. The zero-order valence-electron chi connectivity index (χ0n) is 22.3. The molecule has 1 amide bonds. The molecule has 0 radical (unpaired) electrons. The van der Waals surface area contributed by atoms with Gasteiger partial charge in [-0.3, -0.25) is 9.59 Å². The highest BCUT2D eigenvalue weighted by Gasteiger charge is 2.46. The first kappa shape index (κ1) is 25.6. The van der Waals surface area contributed by atoms with Crippen LogP contribution in [0.15, 0.2) is 16.9 Å². The molecule has 1 aromatic carbocycles. The summed E-state index contributed by atoms with van der Waals surface area (Å²) < 4.78 is 21.7. The molecule has 6 rings (SSSR count). The molecule has 0 saturated carbocycles. The molecular formula is C29H30FN3O6. The molecule has 9 nitrogen and oxygen atoms in total. The second kappa shape index (κ2) is 8.43. The molecule has 10 heteroatoms. The molecule has 3 aliphatic rings. The Bertz CT molecular complexity index is 1670. The first-order valence-electron chi connectivity index (χ1n) is 13.2. The van der Waals surface area contributed by atoms with Crippen LogP contribution < -0.4 is 10.9 Å². The van der Waals surface area contributed by atoms with Crippen molar-refractivity contribution in [1.82, 2.24) is 14.9 Å². The van der Waals surface area contributed by atoms with Gasteiger partial charge in [0.1, 0.15) is 18.0 Å². The lowest BCUT2D eigenvalue weighted by Crippen LogP contribution is -2.44. The molecule has 3 N–H and O–H groups in total. The number of ether oxygens (including phenoxy) is 1. The van der Waals surface area contributed by atoms with Gasteiger partial charge in [-0.15, -0.1) is 0 Å². The number of benzene rings is 1. The normalized spacial score (nSPS) is 21.3. The molecule has 0 bridgehead atoms. The molecular weight excluding hydrogens is 505 g/mol. The van der Waals surface area contributed by atoms with Crippen LogP contribution in [0, 0.1) is 12.7 Å². The highest BCUT2D eigenvalue weighted by Crippen LogP contribution is 2.46. The molecule has 0 fully saturated rings. The van der Waals surface area contributed by atoms with Crippen molar-refractivity contribution in [1.29, 1.82) is 0 Å². The predicted octanol–water partition coefficient (Wildman–Crippen LogP) is 2.79. The van der Waals surface area contributed by atoms with E-state index in [0.717, 1.165) is 16.5 Å². The number of hydrogen-bond donors (Lipinski definition) is 3. The van der Waals surface area contributed by atoms with Crippen LogP contribution in [0.2, 0.25) is 0 Å². The Labute approximate surface area is 223 Å². The number of esters is 1. The Kier molecular flexibility index (Phi) is 5.54. The van der Waals surface area contributed by atoms with Crippen LogP contribution in [0.25, 0.3) is 22.3 Å². The summed E-state index contributed by atoms with van der Waals surface area (Å²) in [5.74, 6) is -1.73. The van der Waals surface area contributed by atoms with Crippen LogP contribution in [-0.2, 0) is 39.5 Å². The molecule has 0 spiro atoms. The van der Waals surface area contributed by atoms with E-state index >= 15 is 0 Å². The molecule has 1 aliphatic carbocycles. The lowest BCUT2D eigenvalue weighted by molar-refractivity contribution is -0.172. The van der Waals surface area contributed by atoms with Crippen LogP contribution in [-0.4, -0.2) is 37.2 Å². The summed E-state index contributed by atoms with van der Waals surface area (Å²) in [5, 5.41) is 25.3. The minimum Gasteiger partial charge on any atom is -0.458 e. The fourth-order valence-electron chi connectivity index (χ4n) is 6.30. The van der Waals surface area contributed by atoms with Gasteiger partial charge >= 0.3 is 5.97 Å². The zero-order valence-corrected chi connectivity index (χ0v) is 22.3. The Morgan fingerprint density at radius 3 is 2.72 bits per heavy atom. The molecule has 3 aromatic rings. The number of aryl methyl sites for hydroxylation is 1. The summed E-state index contributed by atoms with van der Waals surface area (Å²) in [4.78, 5) is 44.0. The number of hydrogen-bond acceptors (Lipinski definition) is 7. The SMILES string of the molecule is CCC[C@@]1(O)C(=O)OCc2c1cc1n(c2=O)Cc2c-1nc1cc(F)c(C)c3c1c2[C@@H](NC(=O)C(C)(C)O)CC3. The first-order valence-corrected chi connectivity index (χ1v) is 13.2. The summed E-state index contributed by atoms with van der Waals surface area (Å²) in [7, 11) is 0. The third-order valence-corrected chi connectivity index (χ3v) is 8.34. The number of nitrogens with zero attached hydrogens (tertiary/aromatic N) is 2. The number of pyridine rings is 2. The standard InChI is InChI=1S/C29H30FN3O6/c1-5-8-29(38)17-9-21-24-15(11-33(21)25(34)16(17)12-39-27(29)36)23-19(32-26(35)28(3,4)37)7-6-14-13(2)18(30)10-20(31-24)22(14)23/h9-10,19,37-38H,5-8,11-12H2,1-4H3,(H,32,35)/t19-,29-/m0/s1. The molecule has 0 unspecified atom stereocenters. The number of aromatic nitrogens is 2. The monoisotopic (exact) mass is 535 g/mol. The van der Waals surface area contributed by atoms with Gasteiger partial charge in [-0.2, -0.15) is 0 Å². The maximum Gasteiger partial charge on any atom is 0.343 e. The number of amides is 1. The van der Waals surface area contributed by atoms with E-state index in [1.807, 2.05) is 6.92 Å². The van der Waals surface area contributed by atoms with Crippen LogP contribution in [0.5, 0.6) is 0 Å². The van der Waals surface area contributed by atoms with Gasteiger partial charge in [-0.05, 0) is 62.8 Å². The predicted molar refractivity (Wildman–Crippen MR) is 139 cm³/mol. The third-order valence-electron chi connectivity index (χ3n) is 8.34. The van der Waals surface area contributed by atoms with Gasteiger partial charge in [0.05, 0.1) is 35.1 Å². The van der Waals surface area contributed by atoms with Crippen LogP contribution in [0.3, 0.4) is 0 Å². The topological polar surface area (TPSA) is 131 Å². The minimum atomic E-state index is -1.95. The van der Waals surface area contributed by atoms with E-state index in [-0.39, 0.29) is 30.7 Å². The van der Waals surface area contributed by atoms with Gasteiger partial charge in [0.15, 0.2) is 5.60 Å². The highest BCUT2D eigenvalue weighted by atomic mass is 19.1. The largest absolute Gasteiger partial charge is 0.458 e. The fraction of sp³-hybridized carbons (Fsp3) is 0.448. The van der Waals surface area contributed by atoms with Crippen molar-refractivity contribution in [3.63, 3.8) is 0 Å². The molecule has 0 saturated heterocycles. The summed E-state index contributed by atoms with van der Waals surface area (Å²) in [6.07, 6.45) is 1.56. The van der Waals surface area contributed by atoms with Gasteiger partial charge in [0.25, 0.3) is 11.5 Å². The van der Waals surface area contributed by atoms with Crippen molar-refractivity contribution < 1.29 is 28.9 Å². The van der Waals surface area contributed by atoms with E-state index in [1.165, 1.54) is 24.5 Å². The summed E-state index contributed by atoms with van der Waals surface area (Å²) in [5.41, 5.74) is 0.497. The van der Waals surface area contributed by atoms with Gasteiger partial charge in [-0.25, -0.2) is 14.2 Å². The molecule has 39 heavy (non-hydrogen) atoms. The van der Waals surface area contributed by atoms with Crippen molar-refractivity contribution in [2.75, 3.05) is 0 Å². The fourth-order valence-corrected chi connectivity index (χ4v) is 6.30. The molecule has 204 valence electrons. The van der Waals surface area contributed by atoms with Crippen LogP contribution >= 0.6 is 0 Å². The zero-order chi connectivity index (χ0) is 28.0. The van der Waals surface area contributed by atoms with Crippen molar-refractivity contribution >= 4 is 22.8 Å². The van der Waals surface area contributed by atoms with E-state index in [1.54, 1.807) is 13.0 Å². The molecule has 2 aliphatic heterocycles.